The fraction of sp³-hybridized carbons (Fsp3) is 0.154. The monoisotopic (exact) mass is 386 g/mol. The highest BCUT2D eigenvalue weighted by molar-refractivity contribution is 6.34. The van der Waals surface area contributed by atoms with E-state index in [1.165, 1.54) is 5.56 Å². The Kier molecular flexibility index (Phi) is 5.47. The first-order valence-electron chi connectivity index (χ1n) is 9.52. The van der Waals surface area contributed by atoms with Crippen LogP contribution >= 0.6 is 11.6 Å². The van der Waals surface area contributed by atoms with Crippen LogP contribution in [0.2, 0.25) is 0 Å². The molecule has 4 rings (SSSR count). The topological polar surface area (TPSA) is 9.23 Å². The van der Waals surface area contributed by atoms with E-state index in [0.717, 1.165) is 28.2 Å². The minimum Gasteiger partial charge on any atom is -0.373 e. The molecule has 0 saturated heterocycles. The van der Waals surface area contributed by atoms with Crippen LogP contribution in [-0.4, -0.2) is 12.7 Å². The zero-order chi connectivity index (χ0) is 19.4. The molecule has 0 N–H and O–H groups in total. The lowest BCUT2D eigenvalue weighted by Crippen LogP contribution is -2.41. The maximum atomic E-state index is 7.10. The van der Waals surface area contributed by atoms with Crippen molar-refractivity contribution < 1.29 is 4.74 Å². The lowest BCUT2D eigenvalue weighted by molar-refractivity contribution is 0.0185. The summed E-state index contributed by atoms with van der Waals surface area (Å²) in [6.45, 7) is 0. The molecule has 1 nitrogen and oxygen atoms in total. The molecule has 140 valence electrons. The highest BCUT2D eigenvalue weighted by Crippen LogP contribution is 2.48. The van der Waals surface area contributed by atoms with E-state index >= 15 is 0 Å². The molecule has 3 aromatic rings. The number of methoxy groups -OCH3 is 1. The molecule has 0 bridgehead atoms. The van der Waals surface area contributed by atoms with Gasteiger partial charge in [-0.2, -0.15) is 0 Å². The van der Waals surface area contributed by atoms with Crippen LogP contribution < -0.4 is 0 Å². The van der Waals surface area contributed by atoms with E-state index in [2.05, 4.69) is 72.8 Å². The molecule has 0 aliphatic heterocycles. The average Bonchev–Trinajstić information content (AvgIpc) is 2.76. The third-order valence-corrected chi connectivity index (χ3v) is 5.87. The summed E-state index contributed by atoms with van der Waals surface area (Å²) in [4.78, 5) is 0. The molecule has 2 atom stereocenters. The van der Waals surface area contributed by atoms with Crippen molar-refractivity contribution >= 4 is 17.2 Å². The summed E-state index contributed by atoms with van der Waals surface area (Å²) in [5, 5.41) is 0.817. The molecule has 0 amide bonds. The molecule has 0 saturated carbocycles. The van der Waals surface area contributed by atoms with Gasteiger partial charge in [0.15, 0.2) is 0 Å². The molecule has 0 radical (unpaired) electrons. The van der Waals surface area contributed by atoms with E-state index in [1.54, 1.807) is 7.11 Å². The number of allylic oxidation sites excluding steroid dienone is 2. The van der Waals surface area contributed by atoms with Gasteiger partial charge in [0.1, 0.15) is 5.60 Å². The molecule has 28 heavy (non-hydrogen) atoms. The van der Waals surface area contributed by atoms with Gasteiger partial charge in [-0.05, 0) is 22.3 Å². The molecule has 2 heteroatoms. The minimum atomic E-state index is -0.544. The number of halogens is 1. The second-order valence-electron chi connectivity index (χ2n) is 7.13. The van der Waals surface area contributed by atoms with Crippen molar-refractivity contribution in [3.05, 3.63) is 125 Å². The van der Waals surface area contributed by atoms with Gasteiger partial charge in [0.05, 0.1) is 5.92 Å². The Morgan fingerprint density at radius 2 is 1.39 bits per heavy atom. The minimum absolute atomic E-state index is 0.0826. The molecule has 2 unspecified atom stereocenters. The number of hydrogen-bond acceptors (Lipinski definition) is 1. The van der Waals surface area contributed by atoms with Gasteiger partial charge in [0.2, 0.25) is 0 Å². The van der Waals surface area contributed by atoms with Gasteiger partial charge in [0, 0.05) is 18.6 Å². The van der Waals surface area contributed by atoms with Crippen LogP contribution in [-0.2, 0) is 11.2 Å². The normalized spacial score (nSPS) is 21.7. The summed E-state index contributed by atoms with van der Waals surface area (Å²) in [5.41, 5.74) is 4.01. The Morgan fingerprint density at radius 3 is 2.00 bits per heavy atom. The number of ether oxygens (including phenoxy) is 1. The van der Waals surface area contributed by atoms with Gasteiger partial charge in [-0.1, -0.05) is 115 Å². The van der Waals surface area contributed by atoms with Crippen LogP contribution in [0.1, 0.15) is 22.6 Å². The van der Waals surface area contributed by atoms with E-state index in [-0.39, 0.29) is 5.92 Å². The molecule has 1 aliphatic rings. The second-order valence-corrected chi connectivity index (χ2v) is 7.53. The number of benzene rings is 3. The smallest absolute Gasteiger partial charge is 0.102 e. The SMILES string of the molecule is COC1(Cc2ccccc2)C=CC(c2ccccc2)=C(Cl)C1c1ccccc1. The third-order valence-electron chi connectivity index (χ3n) is 5.45. The number of hydrogen-bond donors (Lipinski definition) is 0. The first-order chi connectivity index (χ1) is 13.7. The Balaban J connectivity index is 1.85. The molecular formula is C26H23ClO. The zero-order valence-electron chi connectivity index (χ0n) is 15.9. The molecule has 0 spiro atoms. The first kappa shape index (κ1) is 18.7. The number of rotatable bonds is 5. The maximum Gasteiger partial charge on any atom is 0.102 e. The molecule has 0 aromatic heterocycles. The lowest BCUT2D eigenvalue weighted by atomic mass is 9.73. The summed E-state index contributed by atoms with van der Waals surface area (Å²) in [6.07, 6.45) is 5.05. The van der Waals surface area contributed by atoms with Crippen LogP contribution in [0, 0.1) is 0 Å². The maximum absolute atomic E-state index is 7.10. The predicted molar refractivity (Wildman–Crippen MR) is 117 cm³/mol. The summed E-state index contributed by atoms with van der Waals surface area (Å²) in [6, 6.07) is 31.2. The van der Waals surface area contributed by atoms with Crippen molar-refractivity contribution in [2.75, 3.05) is 7.11 Å². The van der Waals surface area contributed by atoms with Crippen LogP contribution in [0.15, 0.2) is 108 Å². The van der Waals surface area contributed by atoms with Gasteiger partial charge < -0.3 is 4.74 Å². The highest BCUT2D eigenvalue weighted by atomic mass is 35.5. The quantitative estimate of drug-likeness (QED) is 0.478. The standard InChI is InChI=1S/C26H23ClO/c1-28-26(19-20-11-5-2-6-12-20)18-17-23(21-13-7-3-8-14-21)25(27)24(26)22-15-9-4-10-16-22/h2-18,24H,19H2,1H3. The van der Waals surface area contributed by atoms with E-state index in [4.69, 9.17) is 16.3 Å². The second kappa shape index (κ2) is 8.18. The molecule has 3 aromatic carbocycles. The van der Waals surface area contributed by atoms with Crippen molar-refractivity contribution in [3.63, 3.8) is 0 Å². The summed E-state index contributed by atoms with van der Waals surface area (Å²) in [7, 11) is 1.78. The van der Waals surface area contributed by atoms with Crippen molar-refractivity contribution in [1.29, 1.82) is 0 Å². The van der Waals surface area contributed by atoms with E-state index in [1.807, 2.05) is 30.3 Å². The van der Waals surface area contributed by atoms with Gasteiger partial charge in [-0.3, -0.25) is 0 Å². The first-order valence-corrected chi connectivity index (χ1v) is 9.90. The summed E-state index contributed by atoms with van der Waals surface area (Å²) in [5.74, 6) is -0.0826. The van der Waals surface area contributed by atoms with Gasteiger partial charge in [-0.15, -0.1) is 0 Å². The van der Waals surface area contributed by atoms with Crippen molar-refractivity contribution in [2.45, 2.75) is 17.9 Å². The fourth-order valence-electron chi connectivity index (χ4n) is 4.03. The Labute approximate surface area is 171 Å². The van der Waals surface area contributed by atoms with Crippen LogP contribution in [0.25, 0.3) is 5.57 Å². The molecule has 0 heterocycles. The van der Waals surface area contributed by atoms with E-state index in [0.29, 0.717) is 0 Å². The van der Waals surface area contributed by atoms with E-state index in [9.17, 15) is 0 Å². The van der Waals surface area contributed by atoms with Gasteiger partial charge in [-0.25, -0.2) is 0 Å². The molecule has 1 aliphatic carbocycles. The van der Waals surface area contributed by atoms with Crippen LogP contribution in [0.3, 0.4) is 0 Å². The van der Waals surface area contributed by atoms with Crippen molar-refractivity contribution in [2.24, 2.45) is 0 Å². The Hall–Kier alpha value is -2.61. The van der Waals surface area contributed by atoms with Crippen molar-refractivity contribution in [3.8, 4) is 0 Å². The lowest BCUT2D eigenvalue weighted by Gasteiger charge is -2.41. The summed E-state index contributed by atoms with van der Waals surface area (Å²) >= 11 is 7.10. The third kappa shape index (κ3) is 3.56. The van der Waals surface area contributed by atoms with Crippen molar-refractivity contribution in [1.82, 2.24) is 0 Å². The average molecular weight is 387 g/mol. The predicted octanol–water partition coefficient (Wildman–Crippen LogP) is 6.62. The molecular weight excluding hydrogens is 364 g/mol. The zero-order valence-corrected chi connectivity index (χ0v) is 16.6. The van der Waals surface area contributed by atoms with Gasteiger partial charge in [0.25, 0.3) is 0 Å². The molecule has 0 fully saturated rings. The fourth-order valence-corrected chi connectivity index (χ4v) is 4.51. The van der Waals surface area contributed by atoms with Crippen LogP contribution in [0.5, 0.6) is 0 Å². The largest absolute Gasteiger partial charge is 0.373 e. The van der Waals surface area contributed by atoms with Crippen LogP contribution in [0.4, 0.5) is 0 Å². The summed E-state index contributed by atoms with van der Waals surface area (Å²) < 4.78 is 6.20. The van der Waals surface area contributed by atoms with E-state index < -0.39 is 5.60 Å². The highest BCUT2D eigenvalue weighted by Gasteiger charge is 2.43. The Morgan fingerprint density at radius 1 is 0.821 bits per heavy atom. The Bertz CT molecular complexity index is 977. The van der Waals surface area contributed by atoms with Gasteiger partial charge >= 0.3 is 0 Å².